The normalized spacial score (nSPS) is 26.4. The molecule has 2 N–H and O–H groups in total. The number of hydrogen-bond acceptors (Lipinski definition) is 6. The second-order valence-corrected chi connectivity index (χ2v) is 6.77. The van der Waals surface area contributed by atoms with Crippen LogP contribution in [0.25, 0.3) is 0 Å². The van der Waals surface area contributed by atoms with Gasteiger partial charge in [-0.1, -0.05) is 0 Å². The molecule has 0 spiro atoms. The largest absolute Gasteiger partial charge is 0.379 e. The molecule has 0 aliphatic carbocycles. The number of nitrogens with zero attached hydrogens (tertiary/aromatic N) is 2. The number of thioether (sulfide) groups is 1. The van der Waals surface area contributed by atoms with Crippen molar-refractivity contribution < 1.29 is 4.74 Å². The van der Waals surface area contributed by atoms with Gasteiger partial charge in [-0.25, -0.2) is 9.97 Å². The van der Waals surface area contributed by atoms with Gasteiger partial charge in [-0.2, -0.15) is 11.8 Å². The summed E-state index contributed by atoms with van der Waals surface area (Å²) in [5.41, 5.74) is 0. The molecule has 2 aliphatic heterocycles. The molecule has 6 heteroatoms. The molecule has 110 valence electrons. The average Bonchev–Trinajstić information content (AvgIpc) is 3.00. The Bertz CT molecular complexity index is 419. The van der Waals surface area contributed by atoms with Gasteiger partial charge in [-0.3, -0.25) is 0 Å². The SMILES string of the molecule is c1nc(NCC2CCCS2)cc(NC2CCCOC2)n1. The Morgan fingerprint density at radius 3 is 3.00 bits per heavy atom. The zero-order valence-electron chi connectivity index (χ0n) is 11.7. The van der Waals surface area contributed by atoms with Crippen molar-refractivity contribution in [1.82, 2.24) is 9.97 Å². The van der Waals surface area contributed by atoms with E-state index in [4.69, 9.17) is 4.74 Å². The van der Waals surface area contributed by atoms with Crippen LogP contribution in [0.4, 0.5) is 11.6 Å². The molecule has 2 saturated heterocycles. The van der Waals surface area contributed by atoms with Gasteiger partial charge in [-0.15, -0.1) is 0 Å². The molecule has 2 atom stereocenters. The van der Waals surface area contributed by atoms with Crippen LogP contribution in [0.1, 0.15) is 25.7 Å². The first-order chi connectivity index (χ1) is 9.90. The molecule has 1 aromatic rings. The lowest BCUT2D eigenvalue weighted by atomic mass is 10.1. The fraction of sp³-hybridized carbons (Fsp3) is 0.714. The van der Waals surface area contributed by atoms with Gasteiger partial charge < -0.3 is 15.4 Å². The minimum atomic E-state index is 0.372. The van der Waals surface area contributed by atoms with Crippen molar-refractivity contribution >= 4 is 23.4 Å². The van der Waals surface area contributed by atoms with Crippen molar-refractivity contribution in [2.24, 2.45) is 0 Å². The molecular weight excluding hydrogens is 272 g/mol. The predicted molar refractivity (Wildman–Crippen MR) is 83.5 cm³/mol. The van der Waals surface area contributed by atoms with Crippen LogP contribution < -0.4 is 10.6 Å². The number of anilines is 2. The summed E-state index contributed by atoms with van der Waals surface area (Å²) in [5, 5.41) is 7.58. The quantitative estimate of drug-likeness (QED) is 0.869. The van der Waals surface area contributed by atoms with Gasteiger partial charge in [0.05, 0.1) is 12.6 Å². The number of aromatic nitrogens is 2. The lowest BCUT2D eigenvalue weighted by molar-refractivity contribution is 0.0875. The van der Waals surface area contributed by atoms with Crippen LogP contribution >= 0.6 is 11.8 Å². The maximum absolute atomic E-state index is 5.48. The van der Waals surface area contributed by atoms with E-state index in [0.717, 1.165) is 49.5 Å². The van der Waals surface area contributed by atoms with Crippen LogP contribution in [0.2, 0.25) is 0 Å². The predicted octanol–water partition coefficient (Wildman–Crippen LogP) is 2.38. The number of ether oxygens (including phenoxy) is 1. The van der Waals surface area contributed by atoms with E-state index in [2.05, 4.69) is 32.4 Å². The zero-order chi connectivity index (χ0) is 13.6. The van der Waals surface area contributed by atoms with Gasteiger partial charge in [0.1, 0.15) is 18.0 Å². The molecule has 3 heterocycles. The van der Waals surface area contributed by atoms with Crippen LogP contribution in [-0.2, 0) is 4.74 Å². The Labute approximate surface area is 124 Å². The van der Waals surface area contributed by atoms with Crippen LogP contribution in [0, 0.1) is 0 Å². The van der Waals surface area contributed by atoms with Gasteiger partial charge in [0.15, 0.2) is 0 Å². The molecular formula is C14H22N4OS. The number of rotatable bonds is 5. The van der Waals surface area contributed by atoms with E-state index in [1.54, 1.807) is 6.33 Å². The lowest BCUT2D eigenvalue weighted by Gasteiger charge is -2.23. The van der Waals surface area contributed by atoms with Crippen molar-refractivity contribution in [1.29, 1.82) is 0 Å². The van der Waals surface area contributed by atoms with E-state index in [1.165, 1.54) is 18.6 Å². The van der Waals surface area contributed by atoms with Gasteiger partial charge in [0.2, 0.25) is 0 Å². The summed E-state index contributed by atoms with van der Waals surface area (Å²) in [4.78, 5) is 8.58. The van der Waals surface area contributed by atoms with E-state index >= 15 is 0 Å². The third-order valence-corrected chi connectivity index (χ3v) is 5.11. The summed E-state index contributed by atoms with van der Waals surface area (Å²) in [6, 6.07) is 2.37. The first kappa shape index (κ1) is 13.9. The van der Waals surface area contributed by atoms with Crippen molar-refractivity contribution in [3.63, 3.8) is 0 Å². The van der Waals surface area contributed by atoms with Gasteiger partial charge in [0.25, 0.3) is 0 Å². The van der Waals surface area contributed by atoms with Crippen LogP contribution in [0.15, 0.2) is 12.4 Å². The molecule has 5 nitrogen and oxygen atoms in total. The van der Waals surface area contributed by atoms with E-state index in [0.29, 0.717) is 6.04 Å². The van der Waals surface area contributed by atoms with E-state index in [1.807, 2.05) is 6.07 Å². The van der Waals surface area contributed by atoms with Crippen LogP contribution in [-0.4, -0.2) is 46.8 Å². The summed E-state index contributed by atoms with van der Waals surface area (Å²) >= 11 is 2.06. The van der Waals surface area contributed by atoms with E-state index in [9.17, 15) is 0 Å². The monoisotopic (exact) mass is 294 g/mol. The van der Waals surface area contributed by atoms with E-state index < -0.39 is 0 Å². The van der Waals surface area contributed by atoms with Crippen LogP contribution in [0.3, 0.4) is 0 Å². The summed E-state index contributed by atoms with van der Waals surface area (Å²) < 4.78 is 5.48. The fourth-order valence-electron chi connectivity index (χ4n) is 2.62. The van der Waals surface area contributed by atoms with Crippen molar-refractivity contribution in [3.8, 4) is 0 Å². The molecule has 0 saturated carbocycles. The first-order valence-electron chi connectivity index (χ1n) is 7.42. The van der Waals surface area contributed by atoms with Crippen molar-refractivity contribution in [2.75, 3.05) is 36.1 Å². The highest BCUT2D eigenvalue weighted by Gasteiger charge is 2.16. The molecule has 3 rings (SSSR count). The van der Waals surface area contributed by atoms with Gasteiger partial charge >= 0.3 is 0 Å². The first-order valence-corrected chi connectivity index (χ1v) is 8.47. The zero-order valence-corrected chi connectivity index (χ0v) is 12.5. The topological polar surface area (TPSA) is 59.1 Å². The molecule has 20 heavy (non-hydrogen) atoms. The maximum Gasteiger partial charge on any atom is 0.131 e. The average molecular weight is 294 g/mol. The molecule has 2 aliphatic rings. The Kier molecular flexibility index (Phi) is 4.97. The second-order valence-electron chi connectivity index (χ2n) is 5.36. The summed E-state index contributed by atoms with van der Waals surface area (Å²) in [6.45, 7) is 2.65. The number of hydrogen-bond donors (Lipinski definition) is 2. The fourth-order valence-corrected chi connectivity index (χ4v) is 3.82. The summed E-state index contributed by atoms with van der Waals surface area (Å²) in [6.07, 6.45) is 6.54. The molecule has 1 aromatic heterocycles. The highest BCUT2D eigenvalue weighted by molar-refractivity contribution is 8.00. The highest BCUT2D eigenvalue weighted by atomic mass is 32.2. The van der Waals surface area contributed by atoms with Crippen molar-refractivity contribution in [2.45, 2.75) is 37.0 Å². The molecule has 2 unspecified atom stereocenters. The minimum absolute atomic E-state index is 0.372. The maximum atomic E-state index is 5.48. The highest BCUT2D eigenvalue weighted by Crippen LogP contribution is 2.26. The molecule has 0 aromatic carbocycles. The van der Waals surface area contributed by atoms with Crippen LogP contribution in [0.5, 0.6) is 0 Å². The lowest BCUT2D eigenvalue weighted by Crippen LogP contribution is -2.30. The summed E-state index contributed by atoms with van der Waals surface area (Å²) in [7, 11) is 0. The Morgan fingerprint density at radius 2 is 2.20 bits per heavy atom. The standard InChI is InChI=1S/C14H22N4OS/c1-3-11(9-19-5-1)18-14-7-13(16-10-17-14)15-8-12-4-2-6-20-12/h7,10-12H,1-6,8-9H2,(H2,15,16,17,18). The Morgan fingerprint density at radius 1 is 1.25 bits per heavy atom. The molecule has 2 fully saturated rings. The molecule has 0 amide bonds. The third kappa shape index (κ3) is 3.99. The Balaban J connectivity index is 1.51. The van der Waals surface area contributed by atoms with E-state index in [-0.39, 0.29) is 0 Å². The minimum Gasteiger partial charge on any atom is -0.379 e. The molecule has 0 bridgehead atoms. The molecule has 0 radical (unpaired) electrons. The second kappa shape index (κ2) is 7.13. The van der Waals surface area contributed by atoms with Crippen molar-refractivity contribution in [3.05, 3.63) is 12.4 Å². The third-order valence-electron chi connectivity index (χ3n) is 3.71. The summed E-state index contributed by atoms with van der Waals surface area (Å²) in [5.74, 6) is 3.09. The van der Waals surface area contributed by atoms with Gasteiger partial charge in [0, 0.05) is 24.5 Å². The Hall–Kier alpha value is -1.01. The smallest absolute Gasteiger partial charge is 0.131 e. The van der Waals surface area contributed by atoms with Gasteiger partial charge in [-0.05, 0) is 31.4 Å². The number of nitrogens with one attached hydrogen (secondary N) is 2.